The largest absolute Gasteiger partial charge is 0.508 e. The molecule has 0 saturated carbocycles. The maximum Gasteiger partial charge on any atom is 0.326 e. The van der Waals surface area contributed by atoms with E-state index in [1.807, 2.05) is 0 Å². The number of hydrogen-bond acceptors (Lipinski definition) is 4. The molecule has 114 valence electrons. The van der Waals surface area contributed by atoms with E-state index in [-0.39, 0.29) is 12.2 Å². The predicted molar refractivity (Wildman–Crippen MR) is 73.6 cm³/mol. The lowest BCUT2D eigenvalue weighted by atomic mass is 10.1. The van der Waals surface area contributed by atoms with E-state index in [4.69, 9.17) is 15.9 Å². The lowest BCUT2D eigenvalue weighted by Gasteiger charge is -2.17. The fourth-order valence-electron chi connectivity index (χ4n) is 1.54. The van der Waals surface area contributed by atoms with E-state index in [2.05, 4.69) is 10.6 Å². The first kappa shape index (κ1) is 16.3. The maximum atomic E-state index is 11.6. The molecule has 8 heteroatoms. The standard InChI is InChI=1S/C13H17N3O5/c1-7(11(14)18)15-13(21)16-10(12(19)20)6-8-2-4-9(17)5-3-8/h2-5,7,10,17H,6H2,1H3,(H2,14,18)(H,19,20)(H2,15,16,21). The Morgan fingerprint density at radius 1 is 1.19 bits per heavy atom. The summed E-state index contributed by atoms with van der Waals surface area (Å²) in [5, 5.41) is 22.7. The van der Waals surface area contributed by atoms with Crippen LogP contribution in [0.4, 0.5) is 4.79 Å². The average molecular weight is 295 g/mol. The Morgan fingerprint density at radius 3 is 2.24 bits per heavy atom. The summed E-state index contributed by atoms with van der Waals surface area (Å²) in [6.07, 6.45) is 0.0357. The molecular formula is C13H17N3O5. The maximum absolute atomic E-state index is 11.6. The number of benzene rings is 1. The minimum Gasteiger partial charge on any atom is -0.508 e. The van der Waals surface area contributed by atoms with Crippen molar-refractivity contribution >= 4 is 17.9 Å². The van der Waals surface area contributed by atoms with Crippen LogP contribution in [0.1, 0.15) is 12.5 Å². The number of rotatable bonds is 6. The highest BCUT2D eigenvalue weighted by Gasteiger charge is 2.22. The van der Waals surface area contributed by atoms with E-state index < -0.39 is 30.0 Å². The molecule has 0 aliphatic rings. The van der Waals surface area contributed by atoms with Gasteiger partial charge >= 0.3 is 12.0 Å². The molecule has 0 heterocycles. The van der Waals surface area contributed by atoms with Gasteiger partial charge in [0.15, 0.2) is 0 Å². The molecule has 0 bridgehead atoms. The topological polar surface area (TPSA) is 142 Å². The number of nitrogens with two attached hydrogens (primary N) is 1. The molecule has 0 aliphatic heterocycles. The quantitative estimate of drug-likeness (QED) is 0.483. The van der Waals surface area contributed by atoms with Crippen LogP contribution in [-0.4, -0.2) is 40.2 Å². The Kier molecular flexibility index (Phi) is 5.53. The summed E-state index contributed by atoms with van der Waals surface area (Å²) < 4.78 is 0. The van der Waals surface area contributed by atoms with Crippen LogP contribution >= 0.6 is 0 Å². The molecule has 3 amide bonds. The van der Waals surface area contributed by atoms with Crippen molar-refractivity contribution in [2.24, 2.45) is 5.73 Å². The van der Waals surface area contributed by atoms with Gasteiger partial charge in [0.05, 0.1) is 0 Å². The average Bonchev–Trinajstić information content (AvgIpc) is 2.40. The fraction of sp³-hybridized carbons (Fsp3) is 0.308. The van der Waals surface area contributed by atoms with Gasteiger partial charge in [0.2, 0.25) is 5.91 Å². The number of carboxylic acid groups (broad SMARTS) is 1. The summed E-state index contributed by atoms with van der Waals surface area (Å²) in [6.45, 7) is 1.39. The lowest BCUT2D eigenvalue weighted by molar-refractivity contribution is -0.139. The highest BCUT2D eigenvalue weighted by atomic mass is 16.4. The molecule has 2 unspecified atom stereocenters. The smallest absolute Gasteiger partial charge is 0.326 e. The molecule has 21 heavy (non-hydrogen) atoms. The lowest BCUT2D eigenvalue weighted by Crippen LogP contribution is -2.52. The number of phenolic OH excluding ortho intramolecular Hbond substituents is 1. The van der Waals surface area contributed by atoms with E-state index in [9.17, 15) is 14.4 Å². The van der Waals surface area contributed by atoms with Crippen molar-refractivity contribution in [2.45, 2.75) is 25.4 Å². The summed E-state index contributed by atoms with van der Waals surface area (Å²) >= 11 is 0. The van der Waals surface area contributed by atoms with Crippen molar-refractivity contribution < 1.29 is 24.6 Å². The number of nitrogens with one attached hydrogen (secondary N) is 2. The molecule has 1 aromatic carbocycles. The van der Waals surface area contributed by atoms with E-state index in [0.717, 1.165) is 0 Å². The van der Waals surface area contributed by atoms with Crippen LogP contribution in [0.2, 0.25) is 0 Å². The monoisotopic (exact) mass is 295 g/mol. The number of aliphatic carboxylic acids is 1. The van der Waals surface area contributed by atoms with E-state index in [1.54, 1.807) is 12.1 Å². The highest BCUT2D eigenvalue weighted by Crippen LogP contribution is 2.11. The van der Waals surface area contributed by atoms with Crippen molar-refractivity contribution in [2.75, 3.05) is 0 Å². The Labute approximate surface area is 120 Å². The molecule has 0 spiro atoms. The third-order valence-electron chi connectivity index (χ3n) is 2.75. The summed E-state index contributed by atoms with van der Waals surface area (Å²) in [5.74, 6) is -1.88. The van der Waals surface area contributed by atoms with E-state index >= 15 is 0 Å². The summed E-state index contributed by atoms with van der Waals surface area (Å²) in [7, 11) is 0. The fourth-order valence-corrected chi connectivity index (χ4v) is 1.54. The minimum atomic E-state index is -1.22. The zero-order chi connectivity index (χ0) is 16.0. The number of aromatic hydroxyl groups is 1. The molecular weight excluding hydrogens is 278 g/mol. The van der Waals surface area contributed by atoms with Gasteiger partial charge in [-0.3, -0.25) is 4.79 Å². The second kappa shape index (κ2) is 7.13. The van der Waals surface area contributed by atoms with Gasteiger partial charge in [-0.05, 0) is 24.6 Å². The first-order valence-electron chi connectivity index (χ1n) is 6.16. The minimum absolute atomic E-state index is 0.0357. The number of urea groups is 1. The van der Waals surface area contributed by atoms with Gasteiger partial charge in [0, 0.05) is 6.42 Å². The summed E-state index contributed by atoms with van der Waals surface area (Å²) in [5.41, 5.74) is 5.62. The highest BCUT2D eigenvalue weighted by molar-refractivity contribution is 5.87. The van der Waals surface area contributed by atoms with Gasteiger partial charge in [-0.1, -0.05) is 12.1 Å². The molecule has 0 aromatic heterocycles. The van der Waals surface area contributed by atoms with Crippen molar-refractivity contribution in [1.29, 1.82) is 0 Å². The number of phenols is 1. The summed E-state index contributed by atoms with van der Waals surface area (Å²) in [6, 6.07) is 3.07. The van der Waals surface area contributed by atoms with Crippen LogP contribution in [0.25, 0.3) is 0 Å². The molecule has 0 saturated heterocycles. The third-order valence-corrected chi connectivity index (χ3v) is 2.75. The number of carbonyl (C=O) groups excluding carboxylic acids is 2. The van der Waals surface area contributed by atoms with Crippen LogP contribution in [0.3, 0.4) is 0 Å². The van der Waals surface area contributed by atoms with Crippen LogP contribution < -0.4 is 16.4 Å². The van der Waals surface area contributed by atoms with Gasteiger partial charge in [0.1, 0.15) is 17.8 Å². The molecule has 0 aliphatic carbocycles. The van der Waals surface area contributed by atoms with E-state index in [1.165, 1.54) is 19.1 Å². The molecule has 0 radical (unpaired) electrons. The Hall–Kier alpha value is -2.77. The van der Waals surface area contributed by atoms with Gasteiger partial charge in [0.25, 0.3) is 0 Å². The summed E-state index contributed by atoms with van der Waals surface area (Å²) in [4.78, 5) is 33.5. The first-order chi connectivity index (χ1) is 9.79. The Balaban J connectivity index is 2.65. The van der Waals surface area contributed by atoms with Gasteiger partial charge < -0.3 is 26.6 Å². The Bertz CT molecular complexity index is 529. The number of carboxylic acids is 1. The van der Waals surface area contributed by atoms with Crippen molar-refractivity contribution in [3.63, 3.8) is 0 Å². The predicted octanol–water partition coefficient (Wildman–Crippen LogP) is -0.439. The number of carbonyl (C=O) groups is 3. The second-order valence-corrected chi connectivity index (χ2v) is 4.50. The number of primary amides is 1. The van der Waals surface area contributed by atoms with Crippen molar-refractivity contribution in [3.05, 3.63) is 29.8 Å². The normalized spacial score (nSPS) is 13.0. The van der Waals surface area contributed by atoms with Crippen molar-refractivity contribution in [3.8, 4) is 5.75 Å². The zero-order valence-corrected chi connectivity index (χ0v) is 11.4. The SMILES string of the molecule is CC(NC(=O)NC(Cc1ccc(O)cc1)C(=O)O)C(N)=O. The second-order valence-electron chi connectivity index (χ2n) is 4.50. The van der Waals surface area contributed by atoms with Gasteiger partial charge in [-0.15, -0.1) is 0 Å². The molecule has 1 aromatic rings. The molecule has 6 N–H and O–H groups in total. The Morgan fingerprint density at radius 2 is 1.76 bits per heavy atom. The molecule has 2 atom stereocenters. The van der Waals surface area contributed by atoms with Crippen LogP contribution in [0.5, 0.6) is 5.75 Å². The molecule has 1 rings (SSSR count). The number of hydrogen-bond donors (Lipinski definition) is 5. The van der Waals surface area contributed by atoms with Gasteiger partial charge in [-0.2, -0.15) is 0 Å². The number of amides is 3. The zero-order valence-electron chi connectivity index (χ0n) is 11.4. The molecule has 8 nitrogen and oxygen atoms in total. The first-order valence-corrected chi connectivity index (χ1v) is 6.16. The van der Waals surface area contributed by atoms with Crippen LogP contribution in [0, 0.1) is 0 Å². The van der Waals surface area contributed by atoms with Crippen LogP contribution in [0.15, 0.2) is 24.3 Å². The third kappa shape index (κ3) is 5.39. The van der Waals surface area contributed by atoms with Gasteiger partial charge in [-0.25, -0.2) is 9.59 Å². The van der Waals surface area contributed by atoms with E-state index in [0.29, 0.717) is 5.56 Å². The molecule has 0 fully saturated rings. The van der Waals surface area contributed by atoms with Crippen molar-refractivity contribution in [1.82, 2.24) is 10.6 Å². The van der Waals surface area contributed by atoms with Crippen LogP contribution in [-0.2, 0) is 16.0 Å².